The minimum Gasteiger partial charge on any atom is -0.474 e. The van der Waals surface area contributed by atoms with Gasteiger partial charge in [-0.2, -0.15) is 0 Å². The van der Waals surface area contributed by atoms with E-state index < -0.39 is 11.0 Å². The Hall–Kier alpha value is -2.15. The van der Waals surface area contributed by atoms with Crippen molar-refractivity contribution < 1.29 is 14.5 Å². The van der Waals surface area contributed by atoms with E-state index in [1.165, 1.54) is 17.0 Å². The number of hydrogen-bond acceptors (Lipinski definition) is 5. The second-order valence-corrected chi connectivity index (χ2v) is 4.26. The number of nitro benzene ring substituents is 1. The maximum atomic E-state index is 11.7. The first-order valence-electron chi connectivity index (χ1n) is 5.72. The predicted molar refractivity (Wildman–Crippen MR) is 69.8 cm³/mol. The average Bonchev–Trinajstić information content (AvgIpc) is 2.36. The summed E-state index contributed by atoms with van der Waals surface area (Å²) in [6.07, 6.45) is -0.804. The molecule has 0 heterocycles. The molecule has 1 aromatic carbocycles. The molecule has 0 radical (unpaired) electrons. The Bertz CT molecular complexity index is 488. The number of amides is 1. The average molecular weight is 267 g/mol. The molecule has 0 saturated carbocycles. The van der Waals surface area contributed by atoms with Crippen LogP contribution < -0.4 is 10.5 Å². The van der Waals surface area contributed by atoms with E-state index in [1.54, 1.807) is 27.1 Å². The Morgan fingerprint density at radius 2 is 2.16 bits per heavy atom. The normalized spacial score (nSPS) is 11.8. The molecule has 19 heavy (non-hydrogen) atoms. The van der Waals surface area contributed by atoms with Crippen LogP contribution in [0.25, 0.3) is 0 Å². The number of benzene rings is 1. The van der Waals surface area contributed by atoms with Gasteiger partial charge in [0.2, 0.25) is 0 Å². The summed E-state index contributed by atoms with van der Waals surface area (Å²) in [5.74, 6) is -0.219. The first-order valence-corrected chi connectivity index (χ1v) is 5.72. The summed E-state index contributed by atoms with van der Waals surface area (Å²) < 4.78 is 5.38. The van der Waals surface area contributed by atoms with E-state index in [2.05, 4.69) is 0 Å². The van der Waals surface area contributed by atoms with Crippen molar-refractivity contribution in [2.45, 2.75) is 19.6 Å². The SMILES string of the molecule is CC(Oc1cc(CN)ccc1[N+](=O)[O-])C(=O)N(C)C. The zero-order valence-electron chi connectivity index (χ0n) is 11.1. The number of likely N-dealkylation sites (N-methyl/N-ethyl adjacent to an activating group) is 1. The second-order valence-electron chi connectivity index (χ2n) is 4.26. The molecule has 0 spiro atoms. The Kier molecular flexibility index (Phi) is 4.82. The summed E-state index contributed by atoms with van der Waals surface area (Å²) in [6.45, 7) is 1.78. The van der Waals surface area contributed by atoms with Gasteiger partial charge in [-0.25, -0.2) is 0 Å². The molecule has 0 fully saturated rings. The van der Waals surface area contributed by atoms with E-state index in [4.69, 9.17) is 10.5 Å². The second kappa shape index (κ2) is 6.14. The summed E-state index contributed by atoms with van der Waals surface area (Å²) in [5, 5.41) is 10.9. The number of carbonyl (C=O) groups excluding carboxylic acids is 1. The van der Waals surface area contributed by atoms with Crippen LogP contribution in [0.15, 0.2) is 18.2 Å². The highest BCUT2D eigenvalue weighted by molar-refractivity contribution is 5.80. The zero-order chi connectivity index (χ0) is 14.6. The van der Waals surface area contributed by atoms with Crippen molar-refractivity contribution in [3.05, 3.63) is 33.9 Å². The van der Waals surface area contributed by atoms with E-state index in [9.17, 15) is 14.9 Å². The van der Waals surface area contributed by atoms with Crippen LogP contribution in [0.5, 0.6) is 5.75 Å². The number of hydrogen-bond donors (Lipinski definition) is 1. The summed E-state index contributed by atoms with van der Waals surface area (Å²) in [5.41, 5.74) is 6.00. The minimum atomic E-state index is -0.804. The maximum absolute atomic E-state index is 11.7. The molecule has 1 atom stereocenters. The molecule has 0 aliphatic carbocycles. The van der Waals surface area contributed by atoms with E-state index in [1.807, 2.05) is 0 Å². The lowest BCUT2D eigenvalue weighted by Crippen LogP contribution is -2.35. The van der Waals surface area contributed by atoms with Gasteiger partial charge in [0.15, 0.2) is 11.9 Å². The third-order valence-corrected chi connectivity index (χ3v) is 2.55. The Morgan fingerprint density at radius 3 is 2.63 bits per heavy atom. The van der Waals surface area contributed by atoms with Gasteiger partial charge >= 0.3 is 5.69 Å². The van der Waals surface area contributed by atoms with Crippen molar-refractivity contribution in [2.24, 2.45) is 5.73 Å². The molecule has 0 bridgehead atoms. The number of nitrogens with zero attached hydrogens (tertiary/aromatic N) is 2. The summed E-state index contributed by atoms with van der Waals surface area (Å²) in [4.78, 5) is 23.4. The third kappa shape index (κ3) is 3.65. The topological polar surface area (TPSA) is 98.7 Å². The highest BCUT2D eigenvalue weighted by Crippen LogP contribution is 2.29. The highest BCUT2D eigenvalue weighted by Gasteiger charge is 2.22. The van der Waals surface area contributed by atoms with E-state index in [-0.39, 0.29) is 23.9 Å². The number of ether oxygens (including phenoxy) is 1. The van der Waals surface area contributed by atoms with Gasteiger partial charge < -0.3 is 15.4 Å². The molecule has 1 amide bonds. The van der Waals surface area contributed by atoms with Crippen molar-refractivity contribution in [3.8, 4) is 5.75 Å². The van der Waals surface area contributed by atoms with Gasteiger partial charge in [-0.1, -0.05) is 6.07 Å². The van der Waals surface area contributed by atoms with Crippen LogP contribution in [0.2, 0.25) is 0 Å². The van der Waals surface area contributed by atoms with E-state index in [0.717, 1.165) is 0 Å². The van der Waals surface area contributed by atoms with E-state index >= 15 is 0 Å². The number of rotatable bonds is 5. The van der Waals surface area contributed by atoms with Crippen molar-refractivity contribution in [3.63, 3.8) is 0 Å². The number of nitro groups is 1. The van der Waals surface area contributed by atoms with Crippen molar-refractivity contribution in [1.82, 2.24) is 4.90 Å². The highest BCUT2D eigenvalue weighted by atomic mass is 16.6. The van der Waals surface area contributed by atoms with Gasteiger partial charge in [0.05, 0.1) is 4.92 Å². The van der Waals surface area contributed by atoms with Crippen LogP contribution in [0, 0.1) is 10.1 Å². The van der Waals surface area contributed by atoms with Crippen LogP contribution in [-0.2, 0) is 11.3 Å². The summed E-state index contributed by atoms with van der Waals surface area (Å²) in [7, 11) is 3.18. The fourth-order valence-electron chi connectivity index (χ4n) is 1.54. The van der Waals surface area contributed by atoms with Crippen LogP contribution in [0.4, 0.5) is 5.69 Å². The molecule has 2 N–H and O–H groups in total. The maximum Gasteiger partial charge on any atom is 0.310 e. The van der Waals surface area contributed by atoms with E-state index in [0.29, 0.717) is 5.56 Å². The Balaban J connectivity index is 3.04. The molecule has 7 heteroatoms. The van der Waals surface area contributed by atoms with Crippen LogP contribution in [-0.4, -0.2) is 35.9 Å². The number of nitrogens with two attached hydrogens (primary N) is 1. The molecule has 7 nitrogen and oxygen atoms in total. The molecule has 1 rings (SSSR count). The third-order valence-electron chi connectivity index (χ3n) is 2.55. The van der Waals surface area contributed by atoms with Crippen molar-refractivity contribution in [1.29, 1.82) is 0 Å². The minimum absolute atomic E-state index is 0.0515. The summed E-state index contributed by atoms with van der Waals surface area (Å²) >= 11 is 0. The number of carbonyl (C=O) groups is 1. The molecule has 1 aromatic rings. The first kappa shape index (κ1) is 14.9. The van der Waals surface area contributed by atoms with Gasteiger partial charge in [0.25, 0.3) is 5.91 Å². The fourth-order valence-corrected chi connectivity index (χ4v) is 1.54. The summed E-state index contributed by atoms with van der Waals surface area (Å²) in [6, 6.07) is 4.37. The van der Waals surface area contributed by atoms with Crippen LogP contribution in [0.3, 0.4) is 0 Å². The molecule has 104 valence electrons. The van der Waals surface area contributed by atoms with Gasteiger partial charge in [-0.3, -0.25) is 14.9 Å². The standard InChI is InChI=1S/C12H17N3O4/c1-8(12(16)14(2)3)19-11-6-9(7-13)4-5-10(11)15(17)18/h4-6,8H,7,13H2,1-3H3. The molecule has 0 aliphatic heterocycles. The largest absolute Gasteiger partial charge is 0.474 e. The monoisotopic (exact) mass is 267 g/mol. The van der Waals surface area contributed by atoms with Gasteiger partial charge in [-0.05, 0) is 18.6 Å². The smallest absolute Gasteiger partial charge is 0.310 e. The van der Waals surface area contributed by atoms with Crippen molar-refractivity contribution >= 4 is 11.6 Å². The molecule has 0 saturated heterocycles. The Morgan fingerprint density at radius 1 is 1.53 bits per heavy atom. The van der Waals surface area contributed by atoms with Crippen LogP contribution in [0.1, 0.15) is 12.5 Å². The van der Waals surface area contributed by atoms with Crippen molar-refractivity contribution in [2.75, 3.05) is 14.1 Å². The van der Waals surface area contributed by atoms with Crippen LogP contribution >= 0.6 is 0 Å². The van der Waals surface area contributed by atoms with Gasteiger partial charge in [0, 0.05) is 26.7 Å². The molecular formula is C12H17N3O4. The lowest BCUT2D eigenvalue weighted by Gasteiger charge is -2.18. The fraction of sp³-hybridized carbons (Fsp3) is 0.417. The molecule has 0 aliphatic rings. The van der Waals surface area contributed by atoms with Gasteiger partial charge in [0.1, 0.15) is 0 Å². The lowest BCUT2D eigenvalue weighted by molar-refractivity contribution is -0.386. The first-order chi connectivity index (χ1) is 8.86. The Labute approximate surface area is 111 Å². The molecular weight excluding hydrogens is 250 g/mol. The molecule has 0 aromatic heterocycles. The molecule has 1 unspecified atom stereocenters. The quantitative estimate of drug-likeness (QED) is 0.631. The zero-order valence-corrected chi connectivity index (χ0v) is 11.1. The van der Waals surface area contributed by atoms with Gasteiger partial charge in [-0.15, -0.1) is 0 Å². The lowest BCUT2D eigenvalue weighted by atomic mass is 10.2. The predicted octanol–water partition coefficient (Wildman–Crippen LogP) is 0.909.